The molecular weight excluding hydrogens is 392 g/mol. The summed E-state index contributed by atoms with van der Waals surface area (Å²) in [5.41, 5.74) is 2.84. The first-order valence-electron chi connectivity index (χ1n) is 10.9. The maximum absolute atomic E-state index is 11.3. The molecule has 2 aromatic carbocycles. The summed E-state index contributed by atoms with van der Waals surface area (Å²) in [6.07, 6.45) is 4.47. The number of benzene rings is 2. The van der Waals surface area contributed by atoms with E-state index in [1.165, 1.54) is 16.5 Å². The number of likely N-dealkylation sites (tertiary alicyclic amines) is 1. The largest absolute Gasteiger partial charge is 0.491 e. The van der Waals surface area contributed by atoms with Crippen LogP contribution >= 0.6 is 0 Å². The van der Waals surface area contributed by atoms with E-state index in [0.717, 1.165) is 32.5 Å². The fourth-order valence-electron chi connectivity index (χ4n) is 4.49. The van der Waals surface area contributed by atoms with Gasteiger partial charge in [0.15, 0.2) is 0 Å². The smallest absolute Gasteiger partial charge is 0.339 e. The molecule has 0 saturated carbocycles. The number of aromatic carboxylic acids is 1. The standard InChI is InChI=1S/C25H30N2O4/c1-18(30-2)27-17-22(20-7-3-5-9-23(20)27)19-11-13-26(14-12-19)15-16-31-24-10-6-4-8-21(24)25(28)29/h3-10,17-19H,11-16H2,1-2H3,(H,28,29). The first-order chi connectivity index (χ1) is 15.1. The Hall–Kier alpha value is -2.83. The summed E-state index contributed by atoms with van der Waals surface area (Å²) in [5.74, 6) is 0.00318. The fraction of sp³-hybridized carbons (Fsp3) is 0.400. The van der Waals surface area contributed by atoms with Gasteiger partial charge in [0.2, 0.25) is 0 Å². The Kier molecular flexibility index (Phi) is 6.59. The van der Waals surface area contributed by atoms with Crippen molar-refractivity contribution in [1.29, 1.82) is 0 Å². The van der Waals surface area contributed by atoms with Gasteiger partial charge in [-0.2, -0.15) is 0 Å². The molecule has 1 N–H and O–H groups in total. The minimum absolute atomic E-state index is 0.00423. The van der Waals surface area contributed by atoms with Crippen molar-refractivity contribution in [1.82, 2.24) is 9.47 Å². The molecule has 0 bridgehead atoms. The van der Waals surface area contributed by atoms with E-state index in [2.05, 4.69) is 46.9 Å². The number of nitrogens with zero attached hydrogens (tertiary/aromatic N) is 2. The fourth-order valence-corrected chi connectivity index (χ4v) is 4.49. The van der Waals surface area contributed by atoms with Crippen LogP contribution in [0, 0.1) is 0 Å². The number of hydrogen-bond donors (Lipinski definition) is 1. The van der Waals surface area contributed by atoms with Gasteiger partial charge in [-0.15, -0.1) is 0 Å². The van der Waals surface area contributed by atoms with E-state index in [4.69, 9.17) is 9.47 Å². The maximum atomic E-state index is 11.3. The van der Waals surface area contributed by atoms with Crippen LogP contribution in [-0.2, 0) is 4.74 Å². The van der Waals surface area contributed by atoms with E-state index in [1.54, 1.807) is 31.4 Å². The number of aromatic nitrogens is 1. The van der Waals surface area contributed by atoms with E-state index < -0.39 is 5.97 Å². The van der Waals surface area contributed by atoms with Crippen LogP contribution in [0.5, 0.6) is 5.75 Å². The van der Waals surface area contributed by atoms with Crippen molar-refractivity contribution in [2.75, 3.05) is 33.4 Å². The Balaban J connectivity index is 1.36. The van der Waals surface area contributed by atoms with E-state index in [-0.39, 0.29) is 11.8 Å². The summed E-state index contributed by atoms with van der Waals surface area (Å²) < 4.78 is 13.6. The molecule has 1 aliphatic rings. The third-order valence-corrected chi connectivity index (χ3v) is 6.31. The van der Waals surface area contributed by atoms with E-state index in [0.29, 0.717) is 18.3 Å². The van der Waals surface area contributed by atoms with Crippen molar-refractivity contribution >= 4 is 16.9 Å². The summed E-state index contributed by atoms with van der Waals surface area (Å²) in [6.45, 7) is 5.37. The number of hydrogen-bond acceptors (Lipinski definition) is 4. The lowest BCUT2D eigenvalue weighted by atomic mass is 9.89. The zero-order valence-electron chi connectivity index (χ0n) is 18.2. The Morgan fingerprint density at radius 3 is 2.58 bits per heavy atom. The zero-order valence-corrected chi connectivity index (χ0v) is 18.2. The highest BCUT2D eigenvalue weighted by molar-refractivity contribution is 5.90. The third-order valence-electron chi connectivity index (χ3n) is 6.31. The summed E-state index contributed by atoms with van der Waals surface area (Å²) in [5, 5.41) is 10.6. The number of rotatable bonds is 8. The van der Waals surface area contributed by atoms with Crippen LogP contribution in [0.2, 0.25) is 0 Å². The van der Waals surface area contributed by atoms with Crippen LogP contribution in [0.15, 0.2) is 54.7 Å². The minimum Gasteiger partial charge on any atom is -0.491 e. The lowest BCUT2D eigenvalue weighted by Gasteiger charge is -2.31. The summed E-state index contributed by atoms with van der Waals surface area (Å²) in [7, 11) is 1.74. The van der Waals surface area contributed by atoms with Crippen molar-refractivity contribution in [2.45, 2.75) is 31.9 Å². The van der Waals surface area contributed by atoms with Crippen LogP contribution < -0.4 is 4.74 Å². The minimum atomic E-state index is -0.960. The molecule has 1 aromatic heterocycles. The first-order valence-corrected chi connectivity index (χ1v) is 10.9. The third kappa shape index (κ3) is 4.60. The van der Waals surface area contributed by atoms with E-state index in [9.17, 15) is 9.90 Å². The van der Waals surface area contributed by atoms with Crippen molar-refractivity contribution in [3.05, 3.63) is 65.9 Å². The zero-order chi connectivity index (χ0) is 21.8. The highest BCUT2D eigenvalue weighted by Gasteiger charge is 2.24. The number of para-hydroxylation sites is 2. The van der Waals surface area contributed by atoms with Gasteiger partial charge in [0.05, 0.1) is 5.52 Å². The van der Waals surface area contributed by atoms with Crippen molar-refractivity contribution in [3.63, 3.8) is 0 Å². The van der Waals surface area contributed by atoms with Gasteiger partial charge in [0.1, 0.15) is 24.1 Å². The molecule has 6 heteroatoms. The average molecular weight is 423 g/mol. The molecule has 6 nitrogen and oxygen atoms in total. The number of carboxylic acid groups (broad SMARTS) is 1. The van der Waals surface area contributed by atoms with Gasteiger partial charge in [-0.25, -0.2) is 4.79 Å². The lowest BCUT2D eigenvalue weighted by Crippen LogP contribution is -2.35. The van der Waals surface area contributed by atoms with Crippen molar-refractivity contribution in [3.8, 4) is 5.75 Å². The molecule has 1 saturated heterocycles. The number of carbonyl (C=O) groups is 1. The first kappa shape index (κ1) is 21.4. The molecule has 1 aliphatic heterocycles. The van der Waals surface area contributed by atoms with E-state index >= 15 is 0 Å². The second-order valence-electron chi connectivity index (χ2n) is 8.11. The average Bonchev–Trinajstić information content (AvgIpc) is 3.19. The molecule has 1 unspecified atom stereocenters. The Bertz CT molecular complexity index is 1040. The van der Waals surface area contributed by atoms with Crippen LogP contribution in [0.4, 0.5) is 0 Å². The molecule has 31 heavy (non-hydrogen) atoms. The van der Waals surface area contributed by atoms with Crippen LogP contribution in [0.3, 0.4) is 0 Å². The molecule has 0 amide bonds. The second-order valence-corrected chi connectivity index (χ2v) is 8.11. The molecule has 2 heterocycles. The molecule has 0 spiro atoms. The molecule has 164 valence electrons. The van der Waals surface area contributed by atoms with Crippen LogP contribution in [0.1, 0.15) is 47.8 Å². The normalized spacial score (nSPS) is 16.5. The van der Waals surface area contributed by atoms with Crippen LogP contribution in [0.25, 0.3) is 10.9 Å². The molecule has 3 aromatic rings. The molecular formula is C25H30N2O4. The number of carboxylic acids is 1. The number of piperidine rings is 1. The van der Waals surface area contributed by atoms with Gasteiger partial charge in [-0.3, -0.25) is 4.90 Å². The predicted molar refractivity (Wildman–Crippen MR) is 121 cm³/mol. The van der Waals surface area contributed by atoms with Crippen molar-refractivity contribution in [2.24, 2.45) is 0 Å². The summed E-state index contributed by atoms with van der Waals surface area (Å²) in [4.78, 5) is 13.7. The Labute approximate surface area is 183 Å². The van der Waals surface area contributed by atoms with Gasteiger partial charge in [-0.05, 0) is 62.5 Å². The summed E-state index contributed by atoms with van der Waals surface area (Å²) in [6, 6.07) is 15.4. The monoisotopic (exact) mass is 422 g/mol. The molecule has 1 fully saturated rings. The van der Waals surface area contributed by atoms with Crippen molar-refractivity contribution < 1.29 is 19.4 Å². The van der Waals surface area contributed by atoms with Gasteiger partial charge >= 0.3 is 5.97 Å². The number of ether oxygens (including phenoxy) is 2. The maximum Gasteiger partial charge on any atom is 0.339 e. The highest BCUT2D eigenvalue weighted by atomic mass is 16.5. The summed E-state index contributed by atoms with van der Waals surface area (Å²) >= 11 is 0. The van der Waals surface area contributed by atoms with Gasteiger partial charge in [0, 0.05) is 25.2 Å². The molecule has 0 aliphatic carbocycles. The number of methoxy groups -OCH3 is 1. The highest BCUT2D eigenvalue weighted by Crippen LogP contribution is 2.35. The van der Waals surface area contributed by atoms with Gasteiger partial charge in [0.25, 0.3) is 0 Å². The van der Waals surface area contributed by atoms with Crippen LogP contribution in [-0.4, -0.2) is 53.9 Å². The second kappa shape index (κ2) is 9.54. The Morgan fingerprint density at radius 2 is 1.84 bits per heavy atom. The Morgan fingerprint density at radius 1 is 1.13 bits per heavy atom. The molecule has 1 atom stereocenters. The van der Waals surface area contributed by atoms with Gasteiger partial charge in [-0.1, -0.05) is 30.3 Å². The van der Waals surface area contributed by atoms with E-state index in [1.807, 2.05) is 0 Å². The molecule has 4 rings (SSSR count). The SMILES string of the molecule is COC(C)n1cc(C2CCN(CCOc3ccccc3C(=O)O)CC2)c2ccccc21. The quantitative estimate of drug-likeness (QED) is 0.567. The lowest BCUT2D eigenvalue weighted by molar-refractivity contribution is 0.0640. The predicted octanol–water partition coefficient (Wildman–Crippen LogP) is 4.76. The van der Waals surface area contributed by atoms with Gasteiger partial charge < -0.3 is 19.1 Å². The topological polar surface area (TPSA) is 63.9 Å². The molecule has 0 radical (unpaired) electrons. The number of fused-ring (bicyclic) bond motifs is 1.